The van der Waals surface area contributed by atoms with E-state index in [0.29, 0.717) is 13.1 Å². The molecule has 0 saturated carbocycles. The molecule has 3 heterocycles. The van der Waals surface area contributed by atoms with Crippen molar-refractivity contribution in [2.75, 3.05) is 13.2 Å². The first kappa shape index (κ1) is 17.1. The average Bonchev–Trinajstić information content (AvgIpc) is 3.20. The first-order valence-electron chi connectivity index (χ1n) is 9.16. The van der Waals surface area contributed by atoms with Crippen molar-refractivity contribution in [3.63, 3.8) is 0 Å². The largest absolute Gasteiger partial charge is 0.494 e. The number of hydrogen-bond donors (Lipinski definition) is 0. The summed E-state index contributed by atoms with van der Waals surface area (Å²) in [5.41, 5.74) is 1.98. The van der Waals surface area contributed by atoms with Crippen LogP contribution in [0.25, 0.3) is 0 Å². The van der Waals surface area contributed by atoms with Crippen molar-refractivity contribution >= 4 is 18.5 Å². The Bertz CT molecular complexity index is 681. The van der Waals surface area contributed by atoms with Crippen LogP contribution in [0.4, 0.5) is 0 Å². The predicted octanol–water partition coefficient (Wildman–Crippen LogP) is 2.12. The Morgan fingerprint density at radius 3 is 2.56 bits per heavy atom. The highest BCUT2D eigenvalue weighted by Crippen LogP contribution is 2.36. The summed E-state index contributed by atoms with van der Waals surface area (Å²) in [4.78, 5) is 14.7. The Morgan fingerprint density at radius 2 is 1.92 bits per heavy atom. The SMILES string of the molecule is CC1(C)OB(c2ccc3c(c2)C(=O)N(CC2CCCO2)C3)OC1(C)C. The molecule has 1 aromatic rings. The van der Waals surface area contributed by atoms with Crippen LogP contribution in [-0.2, 0) is 20.6 Å². The van der Waals surface area contributed by atoms with E-state index in [9.17, 15) is 4.79 Å². The van der Waals surface area contributed by atoms with E-state index in [2.05, 4.69) is 0 Å². The number of carbonyl (C=O) groups is 1. The molecule has 0 radical (unpaired) electrons. The molecule has 1 amide bonds. The van der Waals surface area contributed by atoms with Crippen molar-refractivity contribution in [1.82, 2.24) is 4.90 Å². The van der Waals surface area contributed by atoms with E-state index in [1.165, 1.54) is 0 Å². The third-order valence-corrected chi connectivity index (χ3v) is 5.99. The Hall–Kier alpha value is -1.37. The van der Waals surface area contributed by atoms with Crippen LogP contribution in [0.5, 0.6) is 0 Å². The number of nitrogens with zero attached hydrogens (tertiary/aromatic N) is 1. The minimum Gasteiger partial charge on any atom is -0.399 e. The molecule has 134 valence electrons. The van der Waals surface area contributed by atoms with Crippen LogP contribution in [0.15, 0.2) is 18.2 Å². The van der Waals surface area contributed by atoms with Gasteiger partial charge in [-0.25, -0.2) is 0 Å². The van der Waals surface area contributed by atoms with Crippen LogP contribution in [0.2, 0.25) is 0 Å². The number of hydrogen-bond acceptors (Lipinski definition) is 4. The van der Waals surface area contributed by atoms with E-state index in [4.69, 9.17) is 14.0 Å². The molecule has 2 fully saturated rings. The number of benzene rings is 1. The average molecular weight is 343 g/mol. The second-order valence-corrected chi connectivity index (χ2v) is 8.33. The van der Waals surface area contributed by atoms with Crippen LogP contribution >= 0.6 is 0 Å². The van der Waals surface area contributed by atoms with Gasteiger partial charge in [0, 0.05) is 25.3 Å². The van der Waals surface area contributed by atoms with Gasteiger partial charge in [0.1, 0.15) is 0 Å². The van der Waals surface area contributed by atoms with Crippen molar-refractivity contribution in [2.24, 2.45) is 0 Å². The molecule has 0 N–H and O–H groups in total. The summed E-state index contributed by atoms with van der Waals surface area (Å²) >= 11 is 0. The zero-order chi connectivity index (χ0) is 17.8. The lowest BCUT2D eigenvalue weighted by atomic mass is 9.78. The lowest BCUT2D eigenvalue weighted by Gasteiger charge is -2.32. The maximum atomic E-state index is 12.8. The molecule has 1 atom stereocenters. The van der Waals surface area contributed by atoms with Crippen molar-refractivity contribution in [3.05, 3.63) is 29.3 Å². The molecular formula is C19H26BNO4. The van der Waals surface area contributed by atoms with Gasteiger partial charge < -0.3 is 18.9 Å². The monoisotopic (exact) mass is 343 g/mol. The summed E-state index contributed by atoms with van der Waals surface area (Å²) in [7, 11) is -0.435. The Balaban J connectivity index is 1.53. The molecular weight excluding hydrogens is 317 g/mol. The lowest BCUT2D eigenvalue weighted by molar-refractivity contribution is 0.00578. The summed E-state index contributed by atoms with van der Waals surface area (Å²) in [6.07, 6.45) is 2.31. The predicted molar refractivity (Wildman–Crippen MR) is 95.9 cm³/mol. The zero-order valence-corrected chi connectivity index (χ0v) is 15.5. The van der Waals surface area contributed by atoms with Gasteiger partial charge in [0.05, 0.1) is 17.3 Å². The van der Waals surface area contributed by atoms with Gasteiger partial charge in [0.25, 0.3) is 5.91 Å². The van der Waals surface area contributed by atoms with Gasteiger partial charge in [-0.15, -0.1) is 0 Å². The highest BCUT2D eigenvalue weighted by molar-refractivity contribution is 6.62. The fraction of sp³-hybridized carbons (Fsp3) is 0.632. The molecule has 2 saturated heterocycles. The Morgan fingerprint density at radius 1 is 1.20 bits per heavy atom. The van der Waals surface area contributed by atoms with Crippen molar-refractivity contribution in [3.8, 4) is 0 Å². The van der Waals surface area contributed by atoms with Crippen LogP contribution < -0.4 is 5.46 Å². The van der Waals surface area contributed by atoms with Gasteiger partial charge in [0.15, 0.2) is 0 Å². The second kappa shape index (κ2) is 5.83. The molecule has 25 heavy (non-hydrogen) atoms. The van der Waals surface area contributed by atoms with Crippen LogP contribution in [-0.4, -0.2) is 48.4 Å². The van der Waals surface area contributed by atoms with Crippen LogP contribution in [0.1, 0.15) is 56.5 Å². The fourth-order valence-electron chi connectivity index (χ4n) is 3.69. The molecule has 5 nitrogen and oxygen atoms in total. The highest BCUT2D eigenvalue weighted by Gasteiger charge is 2.52. The molecule has 0 aliphatic carbocycles. The maximum Gasteiger partial charge on any atom is 0.494 e. The molecule has 0 bridgehead atoms. The van der Waals surface area contributed by atoms with Crippen molar-refractivity contribution in [1.29, 1.82) is 0 Å². The highest BCUT2D eigenvalue weighted by atomic mass is 16.7. The molecule has 1 unspecified atom stereocenters. The number of amides is 1. The summed E-state index contributed by atoms with van der Waals surface area (Å²) < 4.78 is 17.9. The van der Waals surface area contributed by atoms with Gasteiger partial charge >= 0.3 is 7.12 Å². The molecule has 3 aliphatic rings. The molecule has 3 aliphatic heterocycles. The first-order chi connectivity index (χ1) is 11.8. The molecule has 0 aromatic heterocycles. The third-order valence-electron chi connectivity index (χ3n) is 5.99. The minimum absolute atomic E-state index is 0.0869. The fourth-order valence-corrected chi connectivity index (χ4v) is 3.69. The van der Waals surface area contributed by atoms with Gasteiger partial charge in [-0.05, 0) is 57.6 Å². The molecule has 0 spiro atoms. The van der Waals surface area contributed by atoms with E-state index in [1.54, 1.807) is 0 Å². The Labute approximate surface area is 149 Å². The number of carbonyl (C=O) groups excluding carboxylic acids is 1. The van der Waals surface area contributed by atoms with Gasteiger partial charge in [-0.2, -0.15) is 0 Å². The topological polar surface area (TPSA) is 48.0 Å². The summed E-state index contributed by atoms with van der Waals surface area (Å²) in [6, 6.07) is 5.99. The van der Waals surface area contributed by atoms with Crippen molar-refractivity contribution < 1.29 is 18.8 Å². The quantitative estimate of drug-likeness (QED) is 0.789. The molecule has 4 rings (SSSR count). The van der Waals surface area contributed by atoms with E-state index in [0.717, 1.165) is 36.0 Å². The number of fused-ring (bicyclic) bond motifs is 1. The first-order valence-corrected chi connectivity index (χ1v) is 9.16. The van der Waals surface area contributed by atoms with E-state index in [-0.39, 0.29) is 23.2 Å². The second-order valence-electron chi connectivity index (χ2n) is 8.33. The van der Waals surface area contributed by atoms with Crippen LogP contribution in [0.3, 0.4) is 0 Å². The van der Waals surface area contributed by atoms with E-state index >= 15 is 0 Å². The number of rotatable bonds is 3. The molecule has 1 aromatic carbocycles. The summed E-state index contributed by atoms with van der Waals surface area (Å²) in [6.45, 7) is 10.3. The maximum absolute atomic E-state index is 12.8. The number of ether oxygens (including phenoxy) is 1. The third kappa shape index (κ3) is 2.90. The van der Waals surface area contributed by atoms with Gasteiger partial charge in [-0.3, -0.25) is 4.79 Å². The van der Waals surface area contributed by atoms with Gasteiger partial charge in [0.2, 0.25) is 0 Å². The van der Waals surface area contributed by atoms with Crippen molar-refractivity contribution in [2.45, 2.75) is 64.4 Å². The zero-order valence-electron chi connectivity index (χ0n) is 15.5. The molecule has 6 heteroatoms. The Kier molecular flexibility index (Phi) is 3.98. The lowest BCUT2D eigenvalue weighted by Crippen LogP contribution is -2.41. The van der Waals surface area contributed by atoms with Gasteiger partial charge in [-0.1, -0.05) is 12.1 Å². The minimum atomic E-state index is -0.435. The van der Waals surface area contributed by atoms with E-state index < -0.39 is 7.12 Å². The normalized spacial score (nSPS) is 27.2. The van der Waals surface area contributed by atoms with E-state index in [1.807, 2.05) is 50.8 Å². The summed E-state index contributed by atoms with van der Waals surface area (Å²) in [5.74, 6) is 0.0869. The van der Waals surface area contributed by atoms with Crippen LogP contribution in [0, 0.1) is 0 Å². The standard InChI is InChI=1S/C19H26BNO4/c1-18(2)19(3,4)25-20(24-18)14-8-7-13-11-21(17(22)16(13)10-14)12-15-6-5-9-23-15/h7-8,10,15H,5-6,9,11-12H2,1-4H3. The smallest absolute Gasteiger partial charge is 0.399 e. The summed E-state index contributed by atoms with van der Waals surface area (Å²) in [5, 5.41) is 0.